The first kappa shape index (κ1) is 15.9. The Bertz CT molecular complexity index is 282. The minimum absolute atomic E-state index is 0.105. The summed E-state index contributed by atoms with van der Waals surface area (Å²) in [6.45, 7) is 10.3. The van der Waals surface area contributed by atoms with Crippen molar-refractivity contribution in [2.75, 3.05) is 13.6 Å². The second kappa shape index (κ2) is 8.04. The molecule has 0 aliphatic carbocycles. The maximum Gasteiger partial charge on any atom is 0.222 e. The number of hydrogen-bond acceptors (Lipinski definition) is 2. The van der Waals surface area contributed by atoms with Crippen LogP contribution < -0.4 is 0 Å². The van der Waals surface area contributed by atoms with E-state index in [1.165, 1.54) is 0 Å². The lowest BCUT2D eigenvalue weighted by atomic mass is 10.1. The van der Waals surface area contributed by atoms with Gasteiger partial charge in [-0.3, -0.25) is 9.59 Å². The van der Waals surface area contributed by atoms with Crippen LogP contribution in [0, 0.1) is 5.92 Å². The van der Waals surface area contributed by atoms with Crippen molar-refractivity contribution in [2.24, 2.45) is 5.92 Å². The number of unbranched alkanes of at least 4 members (excludes halogenated alkanes) is 1. The summed E-state index contributed by atoms with van der Waals surface area (Å²) in [6.07, 6.45) is 2.59. The minimum atomic E-state index is 0.105. The molecule has 0 atom stereocenters. The molecule has 0 fully saturated rings. The molecule has 0 saturated heterocycles. The zero-order valence-corrected chi connectivity index (χ0v) is 11.6. The summed E-state index contributed by atoms with van der Waals surface area (Å²) in [5, 5.41) is 0. The summed E-state index contributed by atoms with van der Waals surface area (Å²) < 4.78 is 0. The first-order valence-electron chi connectivity index (χ1n) is 6.27. The monoisotopic (exact) mass is 239 g/mol. The standard InChI is InChI=1S/C14H25NO2/c1-11(2)10-15(5)14(17)9-7-6-8-13(16)12(3)4/h11H,3,6-10H2,1-2,4-5H3. The van der Waals surface area contributed by atoms with Crippen molar-refractivity contribution in [1.82, 2.24) is 4.90 Å². The molecule has 0 aromatic rings. The number of carbonyl (C=O) groups excluding carboxylic acids is 2. The SMILES string of the molecule is C=C(C)C(=O)CCCCC(=O)N(C)CC(C)C. The number of hydrogen-bond donors (Lipinski definition) is 0. The average Bonchev–Trinajstić information content (AvgIpc) is 2.22. The Morgan fingerprint density at radius 2 is 1.71 bits per heavy atom. The number of allylic oxidation sites excluding steroid dienone is 1. The molecule has 0 rings (SSSR count). The highest BCUT2D eigenvalue weighted by molar-refractivity contribution is 5.94. The van der Waals surface area contributed by atoms with Crippen LogP contribution in [0.25, 0.3) is 0 Å². The van der Waals surface area contributed by atoms with Crippen molar-refractivity contribution in [3.63, 3.8) is 0 Å². The molecular weight excluding hydrogens is 214 g/mol. The van der Waals surface area contributed by atoms with Gasteiger partial charge in [0.15, 0.2) is 5.78 Å². The van der Waals surface area contributed by atoms with Gasteiger partial charge in [0.2, 0.25) is 5.91 Å². The summed E-state index contributed by atoms with van der Waals surface area (Å²) in [6, 6.07) is 0. The maximum absolute atomic E-state index is 11.7. The summed E-state index contributed by atoms with van der Waals surface area (Å²) in [5.41, 5.74) is 0.605. The molecule has 0 spiro atoms. The summed E-state index contributed by atoms with van der Waals surface area (Å²) in [7, 11) is 1.83. The Hall–Kier alpha value is -1.12. The van der Waals surface area contributed by atoms with E-state index in [0.717, 1.165) is 19.4 Å². The van der Waals surface area contributed by atoms with E-state index in [0.29, 0.717) is 24.3 Å². The molecule has 0 bridgehead atoms. The lowest BCUT2D eigenvalue weighted by Crippen LogP contribution is -2.29. The normalized spacial score (nSPS) is 10.4. The lowest BCUT2D eigenvalue weighted by Gasteiger charge is -2.19. The van der Waals surface area contributed by atoms with Gasteiger partial charge in [-0.25, -0.2) is 0 Å². The van der Waals surface area contributed by atoms with Crippen LogP contribution in [-0.2, 0) is 9.59 Å². The molecule has 3 heteroatoms. The molecule has 0 aromatic carbocycles. The highest BCUT2D eigenvalue weighted by Gasteiger charge is 2.10. The lowest BCUT2D eigenvalue weighted by molar-refractivity contribution is -0.130. The summed E-state index contributed by atoms with van der Waals surface area (Å²) in [5.74, 6) is 0.767. The van der Waals surface area contributed by atoms with Gasteiger partial charge in [0.05, 0.1) is 0 Å². The van der Waals surface area contributed by atoms with Gasteiger partial charge in [0.1, 0.15) is 0 Å². The zero-order chi connectivity index (χ0) is 13.4. The van der Waals surface area contributed by atoms with E-state index in [1.807, 2.05) is 7.05 Å². The van der Waals surface area contributed by atoms with Gasteiger partial charge in [0, 0.05) is 26.4 Å². The third-order valence-electron chi connectivity index (χ3n) is 2.59. The third-order valence-corrected chi connectivity index (χ3v) is 2.59. The molecule has 0 aliphatic rings. The van der Waals surface area contributed by atoms with E-state index in [-0.39, 0.29) is 11.7 Å². The van der Waals surface area contributed by atoms with E-state index in [4.69, 9.17) is 0 Å². The Kier molecular flexibility index (Phi) is 7.51. The number of rotatable bonds is 8. The van der Waals surface area contributed by atoms with Crippen molar-refractivity contribution in [1.29, 1.82) is 0 Å². The van der Waals surface area contributed by atoms with Crippen molar-refractivity contribution in [3.05, 3.63) is 12.2 Å². The maximum atomic E-state index is 11.7. The number of carbonyl (C=O) groups is 2. The van der Waals surface area contributed by atoms with Gasteiger partial charge >= 0.3 is 0 Å². The fourth-order valence-electron chi connectivity index (χ4n) is 1.62. The van der Waals surface area contributed by atoms with Gasteiger partial charge in [0.25, 0.3) is 0 Å². The molecule has 0 N–H and O–H groups in total. The Balaban J connectivity index is 3.71. The molecule has 0 unspecified atom stereocenters. The quantitative estimate of drug-likeness (QED) is 0.482. The highest BCUT2D eigenvalue weighted by Crippen LogP contribution is 2.07. The second-order valence-electron chi connectivity index (χ2n) is 5.08. The number of ketones is 1. The molecule has 17 heavy (non-hydrogen) atoms. The summed E-state index contributed by atoms with van der Waals surface area (Å²) >= 11 is 0. The predicted octanol–water partition coefficient (Wildman–Crippen LogP) is 2.81. The Labute approximate surface area is 105 Å². The van der Waals surface area contributed by atoms with Crippen molar-refractivity contribution >= 4 is 11.7 Å². The van der Waals surface area contributed by atoms with E-state index >= 15 is 0 Å². The molecular formula is C14H25NO2. The van der Waals surface area contributed by atoms with Crippen molar-refractivity contribution in [3.8, 4) is 0 Å². The van der Waals surface area contributed by atoms with Crippen LogP contribution >= 0.6 is 0 Å². The van der Waals surface area contributed by atoms with Crippen molar-refractivity contribution in [2.45, 2.75) is 46.5 Å². The van der Waals surface area contributed by atoms with E-state index in [2.05, 4.69) is 20.4 Å². The number of Topliss-reactive ketones (excluding diaryl/α,β-unsaturated/α-hetero) is 1. The molecule has 0 heterocycles. The van der Waals surface area contributed by atoms with Crippen LogP contribution in [0.4, 0.5) is 0 Å². The fraction of sp³-hybridized carbons (Fsp3) is 0.714. The van der Waals surface area contributed by atoms with Gasteiger partial charge in [-0.05, 0) is 31.3 Å². The first-order chi connectivity index (χ1) is 7.84. The van der Waals surface area contributed by atoms with Gasteiger partial charge in [-0.15, -0.1) is 0 Å². The van der Waals surface area contributed by atoms with E-state index < -0.39 is 0 Å². The highest BCUT2D eigenvalue weighted by atomic mass is 16.2. The van der Waals surface area contributed by atoms with Crippen LogP contribution in [0.5, 0.6) is 0 Å². The molecule has 1 amide bonds. The van der Waals surface area contributed by atoms with Gasteiger partial charge in [-0.1, -0.05) is 20.4 Å². The van der Waals surface area contributed by atoms with Crippen LogP contribution in [0.3, 0.4) is 0 Å². The third kappa shape index (κ3) is 7.72. The van der Waals surface area contributed by atoms with Crippen LogP contribution in [-0.4, -0.2) is 30.2 Å². The van der Waals surface area contributed by atoms with E-state index in [1.54, 1.807) is 11.8 Å². The van der Waals surface area contributed by atoms with Crippen LogP contribution in [0.1, 0.15) is 46.5 Å². The molecule has 98 valence electrons. The number of nitrogens with zero attached hydrogens (tertiary/aromatic N) is 1. The van der Waals surface area contributed by atoms with Gasteiger partial charge < -0.3 is 4.90 Å². The Morgan fingerprint density at radius 1 is 1.18 bits per heavy atom. The topological polar surface area (TPSA) is 37.4 Å². The zero-order valence-electron chi connectivity index (χ0n) is 11.6. The van der Waals surface area contributed by atoms with Crippen LogP contribution in [0.2, 0.25) is 0 Å². The predicted molar refractivity (Wildman–Crippen MR) is 70.8 cm³/mol. The fourth-order valence-corrected chi connectivity index (χ4v) is 1.62. The average molecular weight is 239 g/mol. The van der Waals surface area contributed by atoms with E-state index in [9.17, 15) is 9.59 Å². The molecule has 3 nitrogen and oxygen atoms in total. The molecule has 0 aromatic heterocycles. The van der Waals surface area contributed by atoms with Gasteiger partial charge in [-0.2, -0.15) is 0 Å². The second-order valence-corrected chi connectivity index (χ2v) is 5.08. The first-order valence-corrected chi connectivity index (χ1v) is 6.27. The molecule has 0 saturated carbocycles. The molecule has 0 aliphatic heterocycles. The van der Waals surface area contributed by atoms with Crippen molar-refractivity contribution < 1.29 is 9.59 Å². The molecule has 0 radical (unpaired) electrons. The summed E-state index contributed by atoms with van der Waals surface area (Å²) in [4.78, 5) is 24.7. The Morgan fingerprint density at radius 3 is 2.18 bits per heavy atom. The number of amides is 1. The minimum Gasteiger partial charge on any atom is -0.346 e. The largest absolute Gasteiger partial charge is 0.346 e. The smallest absolute Gasteiger partial charge is 0.222 e. The van der Waals surface area contributed by atoms with Crippen LogP contribution in [0.15, 0.2) is 12.2 Å².